The van der Waals surface area contributed by atoms with Gasteiger partial charge < -0.3 is 14.2 Å². The normalized spacial score (nSPS) is 11.5. The third-order valence-electron chi connectivity index (χ3n) is 2.01. The van der Waals surface area contributed by atoms with E-state index in [0.717, 1.165) is 5.56 Å². The third kappa shape index (κ3) is 6.24. The molecule has 1 aromatic rings. The number of methoxy groups -OCH3 is 1. The minimum atomic E-state index is -0.131. The molecule has 0 saturated heterocycles. The van der Waals surface area contributed by atoms with E-state index in [1.54, 1.807) is 13.3 Å². The van der Waals surface area contributed by atoms with Gasteiger partial charge in [0.05, 0.1) is 18.8 Å². The fourth-order valence-electron chi connectivity index (χ4n) is 1.11. The summed E-state index contributed by atoms with van der Waals surface area (Å²) in [5, 5.41) is 0. The molecule has 0 aliphatic heterocycles. The van der Waals surface area contributed by atoms with Crippen LogP contribution in [0.2, 0.25) is 0 Å². The lowest BCUT2D eigenvalue weighted by atomic mass is 10.2. The molecule has 0 amide bonds. The molecule has 0 atom stereocenters. The van der Waals surface area contributed by atoms with Crippen molar-refractivity contribution in [3.8, 4) is 5.88 Å². The predicted molar refractivity (Wildman–Crippen MR) is 66.2 cm³/mol. The first-order chi connectivity index (χ1) is 8.01. The average Bonchev–Trinajstić information content (AvgIpc) is 2.27. The minimum absolute atomic E-state index is 0.131. The summed E-state index contributed by atoms with van der Waals surface area (Å²) in [6, 6.07) is 3.80. The Morgan fingerprint density at radius 2 is 1.94 bits per heavy atom. The third-order valence-corrected chi connectivity index (χ3v) is 2.01. The molecule has 1 aromatic heterocycles. The van der Waals surface area contributed by atoms with Crippen molar-refractivity contribution in [2.24, 2.45) is 0 Å². The van der Waals surface area contributed by atoms with E-state index in [-0.39, 0.29) is 5.60 Å². The molecule has 17 heavy (non-hydrogen) atoms. The molecule has 0 saturated carbocycles. The first-order valence-electron chi connectivity index (χ1n) is 5.72. The lowest BCUT2D eigenvalue weighted by Crippen LogP contribution is -2.18. The van der Waals surface area contributed by atoms with Crippen molar-refractivity contribution >= 4 is 0 Å². The van der Waals surface area contributed by atoms with E-state index in [0.29, 0.717) is 25.7 Å². The second-order valence-corrected chi connectivity index (χ2v) is 4.75. The topological polar surface area (TPSA) is 40.6 Å². The van der Waals surface area contributed by atoms with Gasteiger partial charge in [-0.15, -0.1) is 0 Å². The van der Waals surface area contributed by atoms with Crippen molar-refractivity contribution in [2.75, 3.05) is 20.3 Å². The summed E-state index contributed by atoms with van der Waals surface area (Å²) in [4.78, 5) is 4.19. The SMILES string of the molecule is COCCOc1ccc(COC(C)(C)C)cn1. The van der Waals surface area contributed by atoms with Crippen LogP contribution in [0.4, 0.5) is 0 Å². The van der Waals surface area contributed by atoms with E-state index in [9.17, 15) is 0 Å². The lowest BCUT2D eigenvalue weighted by Gasteiger charge is -2.19. The molecule has 0 fully saturated rings. The zero-order valence-electron chi connectivity index (χ0n) is 11.0. The van der Waals surface area contributed by atoms with Crippen LogP contribution >= 0.6 is 0 Å². The molecule has 1 rings (SSSR count). The summed E-state index contributed by atoms with van der Waals surface area (Å²) in [6.45, 7) is 7.74. The fraction of sp³-hybridized carbons (Fsp3) is 0.615. The molecule has 96 valence electrons. The number of hydrogen-bond donors (Lipinski definition) is 0. The van der Waals surface area contributed by atoms with Crippen LogP contribution in [0, 0.1) is 0 Å². The van der Waals surface area contributed by atoms with E-state index >= 15 is 0 Å². The summed E-state index contributed by atoms with van der Waals surface area (Å²) in [7, 11) is 1.64. The molecule has 0 aromatic carbocycles. The average molecular weight is 239 g/mol. The molecular weight excluding hydrogens is 218 g/mol. The van der Waals surface area contributed by atoms with Crippen LogP contribution in [0.3, 0.4) is 0 Å². The van der Waals surface area contributed by atoms with Crippen LogP contribution < -0.4 is 4.74 Å². The standard InChI is InChI=1S/C13H21NO3/c1-13(2,3)17-10-11-5-6-12(14-9-11)16-8-7-15-4/h5-6,9H,7-8,10H2,1-4H3. The van der Waals surface area contributed by atoms with Gasteiger partial charge in [0.2, 0.25) is 5.88 Å². The van der Waals surface area contributed by atoms with E-state index < -0.39 is 0 Å². The maximum atomic E-state index is 5.65. The molecule has 0 aliphatic carbocycles. The van der Waals surface area contributed by atoms with Crippen molar-refractivity contribution < 1.29 is 14.2 Å². The molecule has 0 spiro atoms. The molecule has 1 heterocycles. The van der Waals surface area contributed by atoms with Gasteiger partial charge in [-0.25, -0.2) is 4.98 Å². The number of pyridine rings is 1. The highest BCUT2D eigenvalue weighted by atomic mass is 16.5. The summed E-state index contributed by atoms with van der Waals surface area (Å²) >= 11 is 0. The largest absolute Gasteiger partial charge is 0.475 e. The highest BCUT2D eigenvalue weighted by Gasteiger charge is 2.10. The van der Waals surface area contributed by atoms with Gasteiger partial charge in [-0.05, 0) is 32.4 Å². The Kier molecular flexibility index (Phi) is 5.38. The van der Waals surface area contributed by atoms with Crippen LogP contribution in [0.5, 0.6) is 5.88 Å². The Labute approximate surface area is 103 Å². The monoisotopic (exact) mass is 239 g/mol. The maximum Gasteiger partial charge on any atom is 0.213 e. The number of aromatic nitrogens is 1. The van der Waals surface area contributed by atoms with Gasteiger partial charge in [0.25, 0.3) is 0 Å². The van der Waals surface area contributed by atoms with Crippen LogP contribution in [-0.4, -0.2) is 30.9 Å². The number of nitrogens with zero attached hydrogens (tertiary/aromatic N) is 1. The molecule has 0 bridgehead atoms. The molecular formula is C13H21NO3. The van der Waals surface area contributed by atoms with E-state index in [1.165, 1.54) is 0 Å². The smallest absolute Gasteiger partial charge is 0.213 e. The summed E-state index contributed by atoms with van der Waals surface area (Å²) in [6.07, 6.45) is 1.77. The first kappa shape index (κ1) is 13.9. The Balaban J connectivity index is 2.39. The van der Waals surface area contributed by atoms with Crippen LogP contribution in [0.15, 0.2) is 18.3 Å². The molecule has 0 aliphatic rings. The first-order valence-corrected chi connectivity index (χ1v) is 5.72. The van der Waals surface area contributed by atoms with Crippen molar-refractivity contribution in [2.45, 2.75) is 33.0 Å². The Hall–Kier alpha value is -1.13. The van der Waals surface area contributed by atoms with Crippen molar-refractivity contribution in [1.29, 1.82) is 0 Å². The van der Waals surface area contributed by atoms with Crippen molar-refractivity contribution in [3.63, 3.8) is 0 Å². The summed E-state index contributed by atoms with van der Waals surface area (Å²) in [5.41, 5.74) is 0.909. The van der Waals surface area contributed by atoms with Crippen LogP contribution in [0.1, 0.15) is 26.3 Å². The number of ether oxygens (including phenoxy) is 3. The van der Waals surface area contributed by atoms with Gasteiger partial charge in [0.1, 0.15) is 6.61 Å². The molecule has 4 nitrogen and oxygen atoms in total. The van der Waals surface area contributed by atoms with Crippen molar-refractivity contribution in [1.82, 2.24) is 4.98 Å². The van der Waals surface area contributed by atoms with Gasteiger partial charge in [0, 0.05) is 19.4 Å². The highest BCUT2D eigenvalue weighted by molar-refractivity contribution is 5.17. The Morgan fingerprint density at radius 3 is 2.47 bits per heavy atom. The van der Waals surface area contributed by atoms with Crippen molar-refractivity contribution in [3.05, 3.63) is 23.9 Å². The van der Waals surface area contributed by atoms with Gasteiger partial charge in [-0.3, -0.25) is 0 Å². The van der Waals surface area contributed by atoms with Gasteiger partial charge >= 0.3 is 0 Å². The van der Waals surface area contributed by atoms with Gasteiger partial charge in [-0.2, -0.15) is 0 Å². The second kappa shape index (κ2) is 6.57. The van der Waals surface area contributed by atoms with E-state index in [2.05, 4.69) is 4.98 Å². The number of hydrogen-bond acceptors (Lipinski definition) is 4. The Bertz CT molecular complexity index is 316. The summed E-state index contributed by atoms with van der Waals surface area (Å²) < 4.78 is 15.9. The number of rotatable bonds is 6. The van der Waals surface area contributed by atoms with E-state index in [1.807, 2.05) is 32.9 Å². The Morgan fingerprint density at radius 1 is 1.18 bits per heavy atom. The maximum absolute atomic E-state index is 5.65. The van der Waals surface area contributed by atoms with E-state index in [4.69, 9.17) is 14.2 Å². The van der Waals surface area contributed by atoms with Gasteiger partial charge in [0.15, 0.2) is 0 Å². The quantitative estimate of drug-likeness (QED) is 0.715. The van der Waals surface area contributed by atoms with Crippen LogP contribution in [0.25, 0.3) is 0 Å². The highest BCUT2D eigenvalue weighted by Crippen LogP contribution is 2.13. The zero-order valence-corrected chi connectivity index (χ0v) is 11.0. The minimum Gasteiger partial charge on any atom is -0.475 e. The van der Waals surface area contributed by atoms with Gasteiger partial charge in [-0.1, -0.05) is 0 Å². The molecule has 0 radical (unpaired) electrons. The molecule has 0 N–H and O–H groups in total. The second-order valence-electron chi connectivity index (χ2n) is 4.75. The molecule has 0 unspecified atom stereocenters. The fourth-order valence-corrected chi connectivity index (χ4v) is 1.11. The lowest BCUT2D eigenvalue weighted by molar-refractivity contribution is -0.0151. The van der Waals surface area contributed by atoms with Crippen LogP contribution in [-0.2, 0) is 16.1 Å². The zero-order chi connectivity index (χ0) is 12.7. The summed E-state index contributed by atoms with van der Waals surface area (Å²) in [5.74, 6) is 0.613. The predicted octanol–water partition coefficient (Wildman–Crippen LogP) is 2.42. The molecule has 4 heteroatoms.